The molecule has 2 N–H and O–H groups in total. The molecule has 0 aliphatic rings. The monoisotopic (exact) mass is 241 g/mol. The zero-order valence-corrected chi connectivity index (χ0v) is 10.4. The molecule has 0 spiro atoms. The van der Waals surface area contributed by atoms with E-state index in [4.69, 9.17) is 16.7 Å². The molecule has 0 radical (unpaired) electrons. The van der Waals surface area contributed by atoms with Gasteiger partial charge in [-0.25, -0.2) is 0 Å². The van der Waals surface area contributed by atoms with Gasteiger partial charge in [-0.1, -0.05) is 17.7 Å². The fourth-order valence-electron chi connectivity index (χ4n) is 1.16. The minimum absolute atomic E-state index is 0.338. The number of aliphatic carboxylic acids is 1. The molecule has 1 aromatic rings. The zero-order chi connectivity index (χ0) is 12.3. The van der Waals surface area contributed by atoms with E-state index >= 15 is 0 Å². The Morgan fingerprint density at radius 1 is 1.50 bits per heavy atom. The van der Waals surface area contributed by atoms with E-state index in [9.17, 15) is 4.79 Å². The highest BCUT2D eigenvalue weighted by Gasteiger charge is 2.26. The summed E-state index contributed by atoms with van der Waals surface area (Å²) in [4.78, 5) is 10.9. The minimum atomic E-state index is -0.830. The molecule has 1 rings (SSSR count). The fourth-order valence-corrected chi connectivity index (χ4v) is 1.46. The third-order valence-corrected chi connectivity index (χ3v) is 2.74. The quantitative estimate of drug-likeness (QED) is 0.851. The van der Waals surface area contributed by atoms with Gasteiger partial charge in [0.15, 0.2) is 0 Å². The smallest absolute Gasteiger partial charge is 0.310 e. The molecule has 0 fully saturated rings. The Hall–Kier alpha value is -1.22. The summed E-state index contributed by atoms with van der Waals surface area (Å²) >= 11 is 6.03. The maximum absolute atomic E-state index is 10.9. The van der Waals surface area contributed by atoms with E-state index in [1.807, 2.05) is 25.1 Å². The summed E-state index contributed by atoms with van der Waals surface area (Å²) in [5.41, 5.74) is 1.03. The van der Waals surface area contributed by atoms with Crippen LogP contribution >= 0.6 is 11.6 Å². The van der Waals surface area contributed by atoms with Crippen LogP contribution in [0, 0.1) is 12.3 Å². The predicted octanol–water partition coefficient (Wildman–Crippen LogP) is 3.17. The van der Waals surface area contributed by atoms with E-state index in [1.165, 1.54) is 0 Å². The summed E-state index contributed by atoms with van der Waals surface area (Å²) in [5.74, 6) is -0.830. The van der Waals surface area contributed by atoms with Crippen LogP contribution in [0.3, 0.4) is 0 Å². The van der Waals surface area contributed by atoms with Gasteiger partial charge in [0.2, 0.25) is 0 Å². The van der Waals surface area contributed by atoms with Gasteiger partial charge in [-0.3, -0.25) is 4.79 Å². The molecular weight excluding hydrogens is 226 g/mol. The van der Waals surface area contributed by atoms with Crippen molar-refractivity contribution >= 4 is 23.3 Å². The van der Waals surface area contributed by atoms with Crippen molar-refractivity contribution in [1.29, 1.82) is 0 Å². The number of aryl methyl sites for hydroxylation is 1. The first-order valence-electron chi connectivity index (χ1n) is 5.06. The normalized spacial score (nSPS) is 11.2. The Balaban J connectivity index is 2.72. The molecule has 0 atom stereocenters. The van der Waals surface area contributed by atoms with Gasteiger partial charge in [-0.2, -0.15) is 0 Å². The SMILES string of the molecule is Cc1ccc(NCC(C)(C)C(=O)O)c(Cl)c1. The van der Waals surface area contributed by atoms with Crippen molar-refractivity contribution in [2.24, 2.45) is 5.41 Å². The second-order valence-electron chi connectivity index (χ2n) is 4.53. The molecule has 88 valence electrons. The second-order valence-corrected chi connectivity index (χ2v) is 4.93. The molecule has 0 heterocycles. The number of nitrogens with one attached hydrogen (secondary N) is 1. The highest BCUT2D eigenvalue weighted by Crippen LogP contribution is 2.24. The lowest BCUT2D eigenvalue weighted by atomic mass is 9.94. The van der Waals surface area contributed by atoms with Crippen LogP contribution in [-0.4, -0.2) is 17.6 Å². The van der Waals surface area contributed by atoms with E-state index in [0.29, 0.717) is 11.6 Å². The van der Waals surface area contributed by atoms with Crippen molar-refractivity contribution in [3.8, 4) is 0 Å². The van der Waals surface area contributed by atoms with Gasteiger partial charge in [0.1, 0.15) is 0 Å². The lowest BCUT2D eigenvalue weighted by Gasteiger charge is -2.20. The topological polar surface area (TPSA) is 49.3 Å². The van der Waals surface area contributed by atoms with E-state index in [2.05, 4.69) is 5.32 Å². The zero-order valence-electron chi connectivity index (χ0n) is 9.67. The average Bonchev–Trinajstić information content (AvgIpc) is 2.16. The highest BCUT2D eigenvalue weighted by atomic mass is 35.5. The standard InChI is InChI=1S/C12H16ClNO2/c1-8-4-5-10(9(13)6-8)14-7-12(2,3)11(15)16/h4-6,14H,7H2,1-3H3,(H,15,16). The molecule has 0 unspecified atom stereocenters. The van der Waals surface area contributed by atoms with Gasteiger partial charge in [0, 0.05) is 6.54 Å². The first-order valence-corrected chi connectivity index (χ1v) is 5.44. The Morgan fingerprint density at radius 2 is 2.12 bits per heavy atom. The molecule has 0 bridgehead atoms. The van der Waals surface area contributed by atoms with Crippen molar-refractivity contribution in [1.82, 2.24) is 0 Å². The molecule has 4 heteroatoms. The number of rotatable bonds is 4. The van der Waals surface area contributed by atoms with Crippen molar-refractivity contribution in [2.45, 2.75) is 20.8 Å². The van der Waals surface area contributed by atoms with E-state index in [0.717, 1.165) is 11.3 Å². The van der Waals surface area contributed by atoms with Gasteiger partial charge in [-0.15, -0.1) is 0 Å². The van der Waals surface area contributed by atoms with Crippen LogP contribution in [0.25, 0.3) is 0 Å². The van der Waals surface area contributed by atoms with Crippen molar-refractivity contribution in [2.75, 3.05) is 11.9 Å². The van der Waals surface area contributed by atoms with Crippen LogP contribution < -0.4 is 5.32 Å². The van der Waals surface area contributed by atoms with E-state index < -0.39 is 11.4 Å². The Morgan fingerprint density at radius 3 is 2.62 bits per heavy atom. The summed E-state index contributed by atoms with van der Waals surface area (Å²) in [6.07, 6.45) is 0. The van der Waals surface area contributed by atoms with Crippen LogP contribution in [-0.2, 0) is 4.79 Å². The third kappa shape index (κ3) is 3.14. The van der Waals surface area contributed by atoms with Gasteiger partial charge in [-0.05, 0) is 38.5 Å². The second kappa shape index (κ2) is 4.74. The summed E-state index contributed by atoms with van der Waals surface area (Å²) in [6, 6.07) is 5.63. The maximum Gasteiger partial charge on any atom is 0.310 e. The van der Waals surface area contributed by atoms with Crippen molar-refractivity contribution < 1.29 is 9.90 Å². The first kappa shape index (κ1) is 12.8. The number of halogens is 1. The number of carbonyl (C=O) groups is 1. The number of anilines is 1. The average molecular weight is 242 g/mol. The van der Waals surface area contributed by atoms with Crippen molar-refractivity contribution in [3.05, 3.63) is 28.8 Å². The maximum atomic E-state index is 10.9. The fraction of sp³-hybridized carbons (Fsp3) is 0.417. The van der Waals surface area contributed by atoms with E-state index in [-0.39, 0.29) is 0 Å². The lowest BCUT2D eigenvalue weighted by Crippen LogP contribution is -2.31. The van der Waals surface area contributed by atoms with Gasteiger partial charge >= 0.3 is 5.97 Å². The van der Waals surface area contributed by atoms with Gasteiger partial charge in [0.05, 0.1) is 16.1 Å². The molecule has 0 aliphatic carbocycles. The largest absolute Gasteiger partial charge is 0.481 e. The molecule has 3 nitrogen and oxygen atoms in total. The van der Waals surface area contributed by atoms with Crippen LogP contribution in [0.15, 0.2) is 18.2 Å². The molecule has 0 saturated heterocycles. The summed E-state index contributed by atoms with van der Waals surface area (Å²) < 4.78 is 0. The lowest BCUT2D eigenvalue weighted by molar-refractivity contribution is -0.146. The molecular formula is C12H16ClNO2. The molecule has 0 aliphatic heterocycles. The summed E-state index contributed by atoms with van der Waals surface area (Å²) in [7, 11) is 0. The number of carboxylic acid groups (broad SMARTS) is 1. The summed E-state index contributed by atoms with van der Waals surface area (Å²) in [6.45, 7) is 5.64. The number of carboxylic acids is 1. The van der Waals surface area contributed by atoms with Crippen LogP contribution in [0.4, 0.5) is 5.69 Å². The van der Waals surface area contributed by atoms with Crippen LogP contribution in [0.5, 0.6) is 0 Å². The molecule has 0 aromatic heterocycles. The third-order valence-electron chi connectivity index (χ3n) is 2.42. The first-order chi connectivity index (χ1) is 7.33. The number of hydrogen-bond acceptors (Lipinski definition) is 2. The Labute approximate surface area is 100 Å². The molecule has 1 aromatic carbocycles. The van der Waals surface area contributed by atoms with E-state index in [1.54, 1.807) is 13.8 Å². The minimum Gasteiger partial charge on any atom is -0.481 e. The Bertz CT molecular complexity index is 402. The predicted molar refractivity (Wildman–Crippen MR) is 66.1 cm³/mol. The summed E-state index contributed by atoms with van der Waals surface area (Å²) in [5, 5.41) is 12.6. The molecule has 0 amide bonds. The molecule has 16 heavy (non-hydrogen) atoms. The molecule has 0 saturated carbocycles. The van der Waals surface area contributed by atoms with Gasteiger partial charge in [0.25, 0.3) is 0 Å². The van der Waals surface area contributed by atoms with Gasteiger partial charge < -0.3 is 10.4 Å². The van der Waals surface area contributed by atoms with Crippen molar-refractivity contribution in [3.63, 3.8) is 0 Å². The van der Waals surface area contributed by atoms with Crippen LogP contribution in [0.1, 0.15) is 19.4 Å². The highest BCUT2D eigenvalue weighted by molar-refractivity contribution is 6.33. The number of hydrogen-bond donors (Lipinski definition) is 2. The number of benzene rings is 1. The van der Waals surface area contributed by atoms with Crippen LogP contribution in [0.2, 0.25) is 5.02 Å². The Kier molecular flexibility index (Phi) is 3.81.